The van der Waals surface area contributed by atoms with Crippen LogP contribution in [0.1, 0.15) is 6.42 Å². The Morgan fingerprint density at radius 1 is 1.62 bits per heavy atom. The Kier molecular flexibility index (Phi) is 3.46. The number of nitrogens with two attached hydrogens (primary N) is 1. The minimum absolute atomic E-state index is 0.207. The van der Waals surface area contributed by atoms with E-state index >= 15 is 0 Å². The molecule has 0 aromatic carbocycles. The standard InChI is InChI=1S/C10H16ClN5/c1-16-3-2-7(6-16)5-13-9-4-8(11)14-10(12)15-9/h4,7H,2-3,5-6H2,1H3,(H3,12,13,14,15). The molecule has 2 heterocycles. The van der Waals surface area contributed by atoms with Crippen LogP contribution in [0, 0.1) is 5.92 Å². The minimum Gasteiger partial charge on any atom is -0.370 e. The topological polar surface area (TPSA) is 67.1 Å². The zero-order valence-corrected chi connectivity index (χ0v) is 10.0. The normalized spacial score (nSPS) is 21.2. The molecule has 0 bridgehead atoms. The number of likely N-dealkylation sites (tertiary alicyclic amines) is 1. The first kappa shape index (κ1) is 11.4. The van der Waals surface area contributed by atoms with E-state index in [-0.39, 0.29) is 5.95 Å². The van der Waals surface area contributed by atoms with Crippen LogP contribution in [0.25, 0.3) is 0 Å². The minimum atomic E-state index is 0.207. The highest BCUT2D eigenvalue weighted by molar-refractivity contribution is 6.29. The highest BCUT2D eigenvalue weighted by Crippen LogP contribution is 2.17. The average molecular weight is 242 g/mol. The van der Waals surface area contributed by atoms with E-state index in [1.54, 1.807) is 6.07 Å². The fourth-order valence-corrected chi connectivity index (χ4v) is 2.16. The summed E-state index contributed by atoms with van der Waals surface area (Å²) in [4.78, 5) is 10.2. The summed E-state index contributed by atoms with van der Waals surface area (Å²) in [5.74, 6) is 1.57. The van der Waals surface area contributed by atoms with Gasteiger partial charge in [-0.25, -0.2) is 4.98 Å². The third-order valence-corrected chi connectivity index (χ3v) is 2.97. The van der Waals surface area contributed by atoms with Gasteiger partial charge in [0.15, 0.2) is 0 Å². The van der Waals surface area contributed by atoms with E-state index in [4.69, 9.17) is 17.3 Å². The predicted molar refractivity (Wildman–Crippen MR) is 65.5 cm³/mol. The van der Waals surface area contributed by atoms with Crippen molar-refractivity contribution in [2.75, 3.05) is 37.7 Å². The first-order valence-corrected chi connectivity index (χ1v) is 5.74. The highest BCUT2D eigenvalue weighted by atomic mass is 35.5. The van der Waals surface area contributed by atoms with Gasteiger partial charge in [0.25, 0.3) is 0 Å². The molecule has 0 spiro atoms. The van der Waals surface area contributed by atoms with Crippen molar-refractivity contribution in [3.63, 3.8) is 0 Å². The van der Waals surface area contributed by atoms with Crippen molar-refractivity contribution < 1.29 is 0 Å². The molecule has 1 aliphatic heterocycles. The molecule has 1 aliphatic rings. The van der Waals surface area contributed by atoms with Gasteiger partial charge in [-0.15, -0.1) is 0 Å². The molecular formula is C10H16ClN5. The molecule has 0 amide bonds. The maximum atomic E-state index is 5.79. The molecule has 1 unspecified atom stereocenters. The van der Waals surface area contributed by atoms with Crippen molar-refractivity contribution in [1.82, 2.24) is 14.9 Å². The van der Waals surface area contributed by atoms with Crippen LogP contribution in [0.2, 0.25) is 5.15 Å². The van der Waals surface area contributed by atoms with Crippen LogP contribution in [-0.4, -0.2) is 41.5 Å². The molecule has 16 heavy (non-hydrogen) atoms. The summed E-state index contributed by atoms with van der Waals surface area (Å²) in [5.41, 5.74) is 5.51. The third-order valence-electron chi connectivity index (χ3n) is 2.77. The number of anilines is 2. The summed E-state index contributed by atoms with van der Waals surface area (Å²) in [7, 11) is 2.14. The molecule has 1 aromatic heterocycles. The Hall–Kier alpha value is -1.07. The summed E-state index contributed by atoms with van der Waals surface area (Å²) >= 11 is 5.79. The maximum Gasteiger partial charge on any atom is 0.223 e. The average Bonchev–Trinajstić information content (AvgIpc) is 2.60. The number of hydrogen-bond acceptors (Lipinski definition) is 5. The zero-order chi connectivity index (χ0) is 11.5. The van der Waals surface area contributed by atoms with E-state index in [1.165, 1.54) is 13.0 Å². The smallest absolute Gasteiger partial charge is 0.223 e. The molecule has 0 saturated carbocycles. The van der Waals surface area contributed by atoms with Crippen molar-refractivity contribution in [2.45, 2.75) is 6.42 Å². The number of aromatic nitrogens is 2. The molecule has 1 aromatic rings. The summed E-state index contributed by atoms with van der Waals surface area (Å²) in [6.45, 7) is 3.19. The monoisotopic (exact) mass is 241 g/mol. The van der Waals surface area contributed by atoms with E-state index in [1.807, 2.05) is 0 Å². The maximum absolute atomic E-state index is 5.79. The Labute approximate surface area is 100 Å². The molecule has 2 rings (SSSR count). The Bertz CT molecular complexity index is 350. The van der Waals surface area contributed by atoms with Crippen LogP contribution in [-0.2, 0) is 0 Å². The van der Waals surface area contributed by atoms with E-state index in [0.717, 1.165) is 13.1 Å². The van der Waals surface area contributed by atoms with E-state index in [2.05, 4.69) is 27.2 Å². The van der Waals surface area contributed by atoms with Crippen LogP contribution in [0.5, 0.6) is 0 Å². The lowest BCUT2D eigenvalue weighted by atomic mass is 10.1. The van der Waals surface area contributed by atoms with Crippen LogP contribution in [0.15, 0.2) is 6.07 Å². The number of hydrogen-bond donors (Lipinski definition) is 2. The van der Waals surface area contributed by atoms with E-state index < -0.39 is 0 Å². The SMILES string of the molecule is CN1CCC(CNc2cc(Cl)nc(N)n2)C1. The van der Waals surface area contributed by atoms with Crippen molar-refractivity contribution >= 4 is 23.4 Å². The van der Waals surface area contributed by atoms with Crippen LogP contribution in [0.3, 0.4) is 0 Å². The molecule has 1 fully saturated rings. The van der Waals surface area contributed by atoms with Gasteiger partial charge >= 0.3 is 0 Å². The number of nitrogen functional groups attached to an aromatic ring is 1. The zero-order valence-electron chi connectivity index (χ0n) is 9.28. The lowest BCUT2D eigenvalue weighted by Gasteiger charge is -2.12. The Balaban J connectivity index is 1.89. The molecule has 0 radical (unpaired) electrons. The second kappa shape index (κ2) is 4.84. The van der Waals surface area contributed by atoms with Gasteiger partial charge in [-0.3, -0.25) is 0 Å². The number of nitrogens with one attached hydrogen (secondary N) is 1. The number of nitrogens with zero attached hydrogens (tertiary/aromatic N) is 3. The molecule has 1 saturated heterocycles. The summed E-state index contributed by atoms with van der Waals surface area (Å²) < 4.78 is 0. The van der Waals surface area contributed by atoms with Crippen LogP contribution >= 0.6 is 11.6 Å². The van der Waals surface area contributed by atoms with Crippen molar-refractivity contribution in [3.05, 3.63) is 11.2 Å². The molecule has 88 valence electrons. The van der Waals surface area contributed by atoms with Gasteiger partial charge in [-0.2, -0.15) is 4.98 Å². The van der Waals surface area contributed by atoms with Gasteiger partial charge < -0.3 is 16.0 Å². The first-order valence-electron chi connectivity index (χ1n) is 5.36. The fraction of sp³-hybridized carbons (Fsp3) is 0.600. The quantitative estimate of drug-likeness (QED) is 0.776. The van der Waals surface area contributed by atoms with E-state index in [9.17, 15) is 0 Å². The van der Waals surface area contributed by atoms with Gasteiger partial charge in [0, 0.05) is 19.2 Å². The Morgan fingerprint density at radius 3 is 3.06 bits per heavy atom. The van der Waals surface area contributed by atoms with Gasteiger partial charge in [0.05, 0.1) is 0 Å². The molecule has 3 N–H and O–H groups in total. The van der Waals surface area contributed by atoms with Gasteiger partial charge in [0.1, 0.15) is 11.0 Å². The van der Waals surface area contributed by atoms with E-state index in [0.29, 0.717) is 16.9 Å². The Morgan fingerprint density at radius 2 is 2.44 bits per heavy atom. The molecule has 0 aliphatic carbocycles. The molecule has 6 heteroatoms. The van der Waals surface area contributed by atoms with Gasteiger partial charge in [-0.05, 0) is 25.9 Å². The van der Waals surface area contributed by atoms with Crippen molar-refractivity contribution in [2.24, 2.45) is 5.92 Å². The first-order chi connectivity index (χ1) is 7.63. The summed E-state index contributed by atoms with van der Waals surface area (Å²) in [6.07, 6.45) is 1.22. The van der Waals surface area contributed by atoms with Crippen molar-refractivity contribution in [1.29, 1.82) is 0 Å². The third kappa shape index (κ3) is 2.96. The lowest BCUT2D eigenvalue weighted by Crippen LogP contribution is -2.19. The lowest BCUT2D eigenvalue weighted by molar-refractivity contribution is 0.399. The van der Waals surface area contributed by atoms with Crippen LogP contribution < -0.4 is 11.1 Å². The van der Waals surface area contributed by atoms with Gasteiger partial charge in [-0.1, -0.05) is 11.6 Å². The second-order valence-electron chi connectivity index (χ2n) is 4.23. The second-order valence-corrected chi connectivity index (χ2v) is 4.62. The van der Waals surface area contributed by atoms with Gasteiger partial charge in [0.2, 0.25) is 5.95 Å². The molecular weight excluding hydrogens is 226 g/mol. The number of rotatable bonds is 3. The summed E-state index contributed by atoms with van der Waals surface area (Å²) in [6, 6.07) is 1.69. The predicted octanol–water partition coefficient (Wildman–Crippen LogP) is 1.08. The molecule has 1 atom stereocenters. The molecule has 5 nitrogen and oxygen atoms in total. The van der Waals surface area contributed by atoms with Crippen LogP contribution in [0.4, 0.5) is 11.8 Å². The van der Waals surface area contributed by atoms with Crippen molar-refractivity contribution in [3.8, 4) is 0 Å². The number of halogens is 1. The highest BCUT2D eigenvalue weighted by Gasteiger charge is 2.19. The largest absolute Gasteiger partial charge is 0.370 e. The fourth-order valence-electron chi connectivity index (χ4n) is 1.97. The summed E-state index contributed by atoms with van der Waals surface area (Å²) in [5, 5.41) is 3.62.